The van der Waals surface area contributed by atoms with Crippen LogP contribution in [0.25, 0.3) is 0 Å². The van der Waals surface area contributed by atoms with E-state index in [0.29, 0.717) is 25.7 Å². The van der Waals surface area contributed by atoms with Gasteiger partial charge in [-0.1, -0.05) is 147 Å². The lowest BCUT2D eigenvalue weighted by atomic mass is 9.66. The summed E-state index contributed by atoms with van der Waals surface area (Å²) in [6.07, 6.45) is 42.9. The van der Waals surface area contributed by atoms with Crippen molar-refractivity contribution in [3.63, 3.8) is 0 Å². The molecule has 0 amide bonds. The Bertz CT molecular complexity index is 829. The van der Waals surface area contributed by atoms with Crippen LogP contribution in [0.2, 0.25) is 0 Å². The number of hydrogen-bond donors (Lipinski definition) is 3. The van der Waals surface area contributed by atoms with Crippen LogP contribution >= 0.6 is 9.47 Å². The molecule has 0 bridgehead atoms. The van der Waals surface area contributed by atoms with Gasteiger partial charge in [0.1, 0.15) is 12.6 Å². The van der Waals surface area contributed by atoms with Crippen molar-refractivity contribution in [1.82, 2.24) is 5.48 Å². The maximum Gasteiger partial charge on any atom is 0.126 e. The van der Waals surface area contributed by atoms with E-state index in [0.717, 1.165) is 61.2 Å². The number of hydrogen-bond acceptors (Lipinski definition) is 6. The Morgan fingerprint density at radius 1 is 0.731 bits per heavy atom. The van der Waals surface area contributed by atoms with Crippen molar-refractivity contribution >= 4 is 9.47 Å². The molecule has 0 saturated carbocycles. The van der Waals surface area contributed by atoms with E-state index in [1.807, 2.05) is 0 Å². The van der Waals surface area contributed by atoms with E-state index < -0.39 is 6.10 Å². The van der Waals surface area contributed by atoms with Gasteiger partial charge < -0.3 is 23.8 Å². The van der Waals surface area contributed by atoms with Crippen LogP contribution in [-0.2, 0) is 14.2 Å². The minimum atomic E-state index is -0.431. The summed E-state index contributed by atoms with van der Waals surface area (Å²) in [5.74, 6) is 8.18. The highest BCUT2D eigenvalue weighted by molar-refractivity contribution is 7.09. The molecule has 6 unspecified atom stereocenters. The molecule has 0 spiro atoms. The molecule has 8 heteroatoms. The summed E-state index contributed by atoms with van der Waals surface area (Å²) in [5.41, 5.74) is 3.15. The number of quaternary nitrogens is 1. The van der Waals surface area contributed by atoms with E-state index in [1.54, 1.807) is 0 Å². The highest BCUT2D eigenvalue weighted by atomic mass is 31.0. The largest absolute Gasteiger partial charge is 0.385 e. The van der Waals surface area contributed by atoms with E-state index >= 15 is 0 Å². The number of rotatable bonds is 38. The zero-order valence-corrected chi connectivity index (χ0v) is 36.0. The van der Waals surface area contributed by atoms with Crippen molar-refractivity contribution < 1.29 is 23.8 Å². The third-order valence-electron chi connectivity index (χ3n) is 11.3. The maximum atomic E-state index is 10.0. The van der Waals surface area contributed by atoms with E-state index in [4.69, 9.17) is 20.1 Å². The van der Waals surface area contributed by atoms with Crippen LogP contribution in [0.15, 0.2) is 24.3 Å². The molecule has 308 valence electrons. The fourth-order valence-corrected chi connectivity index (χ4v) is 8.50. The van der Waals surface area contributed by atoms with Gasteiger partial charge in [-0.25, -0.2) is 11.4 Å². The van der Waals surface area contributed by atoms with E-state index in [2.05, 4.69) is 67.2 Å². The molecular weight excluding hydrogens is 665 g/mol. The Hall–Kier alpha value is -0.370. The Labute approximate surface area is 325 Å². The van der Waals surface area contributed by atoms with E-state index in [1.165, 1.54) is 141 Å². The molecule has 0 fully saturated rings. The monoisotopic (exact) mass is 755 g/mol. The zero-order valence-electron chi connectivity index (χ0n) is 34.9. The molecule has 4 N–H and O–H groups in total. The standard InChI is InChI=1S/C44H89N3O4P/c1-5-7-9-21-28-40-32-33-41(44(43(40)30-23-10-8-6-2)31-24-18-13-11-12-15-19-25-36-49-45)29-22-17-14-16-20-26-37-50-46-34-27-35-47(3,4)38-42(48)39-51-52/h24,31-33,40-44,46,48H,5-23,25-30,34-39,45,52H2,1-4H3/q+1. The summed E-state index contributed by atoms with van der Waals surface area (Å²) in [7, 11) is 6.52. The maximum absolute atomic E-state index is 10.0. The lowest BCUT2D eigenvalue weighted by molar-refractivity contribution is -0.893. The van der Waals surface area contributed by atoms with Gasteiger partial charge in [-0.3, -0.25) is 0 Å². The van der Waals surface area contributed by atoms with Crippen LogP contribution in [-0.4, -0.2) is 69.2 Å². The topological polar surface area (TPSA) is 86.0 Å². The van der Waals surface area contributed by atoms with Crippen molar-refractivity contribution in [1.29, 1.82) is 0 Å². The Kier molecular flexibility index (Phi) is 33.5. The summed E-state index contributed by atoms with van der Waals surface area (Å²) in [5, 5.41) is 10.0. The number of unbranched alkanes of at least 4 members (excludes halogenated alkanes) is 17. The van der Waals surface area contributed by atoms with Gasteiger partial charge in [-0.15, -0.1) is 0 Å². The van der Waals surface area contributed by atoms with Crippen molar-refractivity contribution in [3.8, 4) is 0 Å². The van der Waals surface area contributed by atoms with Crippen molar-refractivity contribution in [2.75, 3.05) is 53.6 Å². The normalized spacial score (nSPS) is 20.0. The average molecular weight is 755 g/mol. The summed E-state index contributed by atoms with van der Waals surface area (Å²) < 4.78 is 5.76. The van der Waals surface area contributed by atoms with E-state index in [9.17, 15) is 5.11 Å². The first-order valence-electron chi connectivity index (χ1n) is 22.2. The zero-order chi connectivity index (χ0) is 38.0. The highest BCUT2D eigenvalue weighted by Crippen LogP contribution is 2.43. The number of allylic oxidation sites excluding steroid dienone is 4. The summed E-state index contributed by atoms with van der Waals surface area (Å²) >= 11 is 0. The number of aliphatic hydroxyl groups is 1. The molecule has 0 aromatic heterocycles. The van der Waals surface area contributed by atoms with Gasteiger partial charge in [0.05, 0.1) is 40.5 Å². The van der Waals surface area contributed by atoms with Crippen LogP contribution in [0.4, 0.5) is 0 Å². The Morgan fingerprint density at radius 2 is 1.29 bits per heavy atom. The van der Waals surface area contributed by atoms with Gasteiger partial charge in [0.25, 0.3) is 0 Å². The molecule has 0 heterocycles. The first kappa shape index (κ1) is 49.6. The Balaban J connectivity index is 2.48. The Morgan fingerprint density at radius 3 is 1.94 bits per heavy atom. The molecule has 6 atom stereocenters. The minimum Gasteiger partial charge on any atom is -0.385 e. The molecule has 52 heavy (non-hydrogen) atoms. The van der Waals surface area contributed by atoms with Crippen LogP contribution in [0.3, 0.4) is 0 Å². The first-order valence-corrected chi connectivity index (χ1v) is 22.7. The van der Waals surface area contributed by atoms with Gasteiger partial charge in [0.2, 0.25) is 0 Å². The lowest BCUT2D eigenvalue weighted by Crippen LogP contribution is -2.47. The first-order chi connectivity index (χ1) is 25.4. The number of nitrogens with zero attached hydrogens (tertiary/aromatic N) is 1. The fraction of sp³-hybridized carbons (Fsp3) is 0.909. The third kappa shape index (κ3) is 27.2. The minimum absolute atomic E-state index is 0.359. The molecular formula is C44H89N3O4P+. The summed E-state index contributed by atoms with van der Waals surface area (Å²) in [6.45, 7) is 9.03. The summed E-state index contributed by atoms with van der Waals surface area (Å²) in [4.78, 5) is 10.4. The number of nitrogens with one attached hydrogen (secondary N) is 1. The predicted molar refractivity (Wildman–Crippen MR) is 227 cm³/mol. The van der Waals surface area contributed by atoms with Crippen LogP contribution in [0.1, 0.15) is 174 Å². The smallest absolute Gasteiger partial charge is 0.126 e. The fourth-order valence-electron chi connectivity index (χ4n) is 8.28. The van der Waals surface area contributed by atoms with Gasteiger partial charge in [0, 0.05) is 22.4 Å². The summed E-state index contributed by atoms with van der Waals surface area (Å²) in [6, 6.07) is 0. The molecule has 1 aliphatic carbocycles. The van der Waals surface area contributed by atoms with E-state index in [-0.39, 0.29) is 0 Å². The van der Waals surface area contributed by atoms with Crippen molar-refractivity contribution in [3.05, 3.63) is 24.3 Å². The average Bonchev–Trinajstić information content (AvgIpc) is 3.12. The second kappa shape index (κ2) is 35.1. The molecule has 0 aliphatic heterocycles. The van der Waals surface area contributed by atoms with Gasteiger partial charge in [-0.2, -0.15) is 0 Å². The quantitative estimate of drug-likeness (QED) is 0.0191. The lowest BCUT2D eigenvalue weighted by Gasteiger charge is -2.39. The van der Waals surface area contributed by atoms with Gasteiger partial charge in [0.15, 0.2) is 0 Å². The number of likely N-dealkylation sites (N-methyl/N-ethyl adjacent to an activating group) is 1. The molecule has 0 aromatic carbocycles. The second-order valence-electron chi connectivity index (χ2n) is 16.7. The molecule has 1 aliphatic rings. The number of nitrogens with two attached hydrogens (primary N) is 1. The highest BCUT2D eigenvalue weighted by Gasteiger charge is 2.33. The number of aliphatic hydroxyl groups excluding tert-OH is 1. The van der Waals surface area contributed by atoms with Crippen molar-refractivity contribution in [2.24, 2.45) is 29.6 Å². The van der Waals surface area contributed by atoms with Crippen molar-refractivity contribution in [2.45, 2.75) is 180 Å². The molecule has 7 nitrogen and oxygen atoms in total. The molecule has 0 radical (unpaired) electrons. The van der Waals surface area contributed by atoms with Gasteiger partial charge in [-0.05, 0) is 68.6 Å². The number of hydroxylamine groups is 1. The second-order valence-corrected chi connectivity index (χ2v) is 17.0. The molecule has 0 aromatic rings. The van der Waals surface area contributed by atoms with Crippen LogP contribution in [0.5, 0.6) is 0 Å². The van der Waals surface area contributed by atoms with Crippen LogP contribution in [0, 0.1) is 23.7 Å². The van der Waals surface area contributed by atoms with Gasteiger partial charge >= 0.3 is 0 Å². The predicted octanol–water partition coefficient (Wildman–Crippen LogP) is 11.0. The SMILES string of the molecule is CCCCCCC1C=CC(CCCCCCCCONCCC[N+](C)(C)CC(O)COP)C(C=CCCCCCCCCON)C1CCCCCC. The molecule has 1 rings (SSSR count). The molecule has 0 saturated heterocycles. The third-order valence-corrected chi connectivity index (χ3v) is 11.5. The van der Waals surface area contributed by atoms with Crippen LogP contribution < -0.4 is 11.4 Å².